The van der Waals surface area contributed by atoms with E-state index in [2.05, 4.69) is 21.2 Å². The summed E-state index contributed by atoms with van der Waals surface area (Å²) >= 11 is 3.34. The fourth-order valence-electron chi connectivity index (χ4n) is 1.74. The smallest absolute Gasteiger partial charge is 0.263 e. The van der Waals surface area contributed by atoms with Crippen LogP contribution in [-0.4, -0.2) is 42.5 Å². The average Bonchev–Trinajstić information content (AvgIpc) is 2.39. The number of nitrogens with one attached hydrogen (secondary N) is 1. The molecule has 0 radical (unpaired) electrons. The molecule has 0 spiro atoms. The molecule has 0 unspecified atom stereocenters. The van der Waals surface area contributed by atoms with Crippen molar-refractivity contribution in [1.82, 2.24) is 10.2 Å². The topological polar surface area (TPSA) is 58.6 Å². The summed E-state index contributed by atoms with van der Waals surface area (Å²) in [5.41, 5.74) is 0. The highest BCUT2D eigenvalue weighted by Crippen LogP contribution is 2.17. The van der Waals surface area contributed by atoms with Crippen LogP contribution in [0.5, 0.6) is 5.75 Å². The summed E-state index contributed by atoms with van der Waals surface area (Å²) in [7, 11) is 1.59. The third kappa shape index (κ3) is 6.16. The number of nitrogens with zero attached hydrogens (tertiary/aromatic N) is 1. The van der Waals surface area contributed by atoms with E-state index >= 15 is 0 Å². The second kappa shape index (κ2) is 8.02. The third-order valence-electron chi connectivity index (χ3n) is 2.68. The molecule has 1 aromatic rings. The molecule has 0 heterocycles. The third-order valence-corrected chi connectivity index (χ3v) is 3.21. The number of likely N-dealkylation sites (N-methyl/N-ethyl adjacent to an activating group) is 1. The van der Waals surface area contributed by atoms with E-state index in [0.29, 0.717) is 5.75 Å². The molecule has 116 valence electrons. The van der Waals surface area contributed by atoms with Gasteiger partial charge >= 0.3 is 0 Å². The zero-order valence-corrected chi connectivity index (χ0v) is 14.3. The summed E-state index contributed by atoms with van der Waals surface area (Å²) in [6, 6.07) is 7.29. The normalized spacial score (nSPS) is 11.9. The van der Waals surface area contributed by atoms with Crippen LogP contribution in [0.4, 0.5) is 0 Å². The minimum absolute atomic E-state index is 0.0189. The number of hydrogen-bond acceptors (Lipinski definition) is 3. The van der Waals surface area contributed by atoms with E-state index < -0.39 is 6.10 Å². The lowest BCUT2D eigenvalue weighted by Gasteiger charge is -2.22. The van der Waals surface area contributed by atoms with Crippen molar-refractivity contribution in [3.05, 3.63) is 28.7 Å². The van der Waals surface area contributed by atoms with Gasteiger partial charge in [-0.25, -0.2) is 0 Å². The van der Waals surface area contributed by atoms with Crippen LogP contribution in [0.3, 0.4) is 0 Å². The van der Waals surface area contributed by atoms with Crippen molar-refractivity contribution in [3.63, 3.8) is 0 Å². The van der Waals surface area contributed by atoms with Gasteiger partial charge in [0, 0.05) is 17.6 Å². The Bertz CT molecular complexity index is 488. The Morgan fingerprint density at radius 1 is 1.24 bits per heavy atom. The predicted molar refractivity (Wildman–Crippen MR) is 85.1 cm³/mol. The first-order valence-corrected chi connectivity index (χ1v) is 7.55. The molecule has 0 saturated carbocycles. The van der Waals surface area contributed by atoms with Crippen LogP contribution in [0.2, 0.25) is 0 Å². The van der Waals surface area contributed by atoms with Gasteiger partial charge in [-0.15, -0.1) is 0 Å². The maximum Gasteiger partial charge on any atom is 0.263 e. The van der Waals surface area contributed by atoms with Gasteiger partial charge in [0.2, 0.25) is 5.91 Å². The number of ether oxygens (including phenoxy) is 1. The number of amides is 2. The average molecular weight is 357 g/mol. The first-order chi connectivity index (χ1) is 9.79. The van der Waals surface area contributed by atoms with Crippen LogP contribution in [0.15, 0.2) is 28.7 Å². The van der Waals surface area contributed by atoms with Crippen molar-refractivity contribution in [2.24, 2.45) is 0 Å². The highest BCUT2D eigenvalue weighted by Gasteiger charge is 2.21. The number of halogens is 1. The van der Waals surface area contributed by atoms with Crippen molar-refractivity contribution in [2.45, 2.75) is 32.9 Å². The van der Waals surface area contributed by atoms with Gasteiger partial charge in [-0.2, -0.15) is 0 Å². The van der Waals surface area contributed by atoms with Gasteiger partial charge in [-0.05, 0) is 45.0 Å². The van der Waals surface area contributed by atoms with Crippen LogP contribution in [0.25, 0.3) is 0 Å². The highest BCUT2D eigenvalue weighted by molar-refractivity contribution is 9.10. The lowest BCUT2D eigenvalue weighted by atomic mass is 10.3. The Morgan fingerprint density at radius 2 is 1.81 bits per heavy atom. The molecule has 0 aromatic heterocycles. The number of carbonyl (C=O) groups excluding carboxylic acids is 2. The standard InChI is InChI=1S/C15H21BrN2O3/c1-10(2)17-14(19)9-18(4)15(20)11(3)21-13-7-5-12(16)6-8-13/h5-8,10-11H,9H2,1-4H3,(H,17,19)/t11-/m1/s1. The maximum atomic E-state index is 12.1. The second-order valence-corrected chi connectivity index (χ2v) is 6.05. The molecule has 1 N–H and O–H groups in total. The lowest BCUT2D eigenvalue weighted by Crippen LogP contribution is -2.44. The van der Waals surface area contributed by atoms with Crippen LogP contribution >= 0.6 is 15.9 Å². The molecule has 2 amide bonds. The summed E-state index contributed by atoms with van der Waals surface area (Å²) in [6.45, 7) is 5.43. The molecular weight excluding hydrogens is 336 g/mol. The Labute approximate surface area is 133 Å². The monoisotopic (exact) mass is 356 g/mol. The van der Waals surface area contributed by atoms with Crippen LogP contribution < -0.4 is 10.1 Å². The Morgan fingerprint density at radius 3 is 2.33 bits per heavy atom. The zero-order valence-electron chi connectivity index (χ0n) is 12.7. The van der Waals surface area contributed by atoms with Gasteiger partial charge in [0.1, 0.15) is 5.75 Å². The second-order valence-electron chi connectivity index (χ2n) is 5.13. The molecule has 1 aromatic carbocycles. The molecule has 1 atom stereocenters. The molecule has 0 aliphatic carbocycles. The molecule has 21 heavy (non-hydrogen) atoms. The van der Waals surface area contributed by atoms with E-state index in [-0.39, 0.29) is 24.4 Å². The number of benzene rings is 1. The first kappa shape index (κ1) is 17.5. The summed E-state index contributed by atoms with van der Waals surface area (Å²) in [6.07, 6.45) is -0.650. The first-order valence-electron chi connectivity index (χ1n) is 6.76. The molecular formula is C15H21BrN2O3. The molecule has 0 aliphatic rings. The van der Waals surface area contributed by atoms with Crippen molar-refractivity contribution in [3.8, 4) is 5.75 Å². The molecule has 0 aliphatic heterocycles. The quantitative estimate of drug-likeness (QED) is 0.849. The van der Waals surface area contributed by atoms with Crippen LogP contribution in [0.1, 0.15) is 20.8 Å². The summed E-state index contributed by atoms with van der Waals surface area (Å²) in [5, 5.41) is 2.74. The van der Waals surface area contributed by atoms with E-state index in [1.54, 1.807) is 26.1 Å². The van der Waals surface area contributed by atoms with Crippen molar-refractivity contribution in [1.29, 1.82) is 0 Å². The van der Waals surface area contributed by atoms with E-state index in [1.807, 2.05) is 26.0 Å². The van der Waals surface area contributed by atoms with Gasteiger partial charge in [0.05, 0.1) is 6.54 Å². The van der Waals surface area contributed by atoms with Crippen molar-refractivity contribution < 1.29 is 14.3 Å². The van der Waals surface area contributed by atoms with Gasteiger partial charge in [0.15, 0.2) is 6.10 Å². The van der Waals surface area contributed by atoms with Gasteiger partial charge < -0.3 is 15.0 Å². The molecule has 1 rings (SSSR count). The molecule has 0 bridgehead atoms. The molecule has 5 nitrogen and oxygen atoms in total. The largest absolute Gasteiger partial charge is 0.481 e. The zero-order chi connectivity index (χ0) is 16.0. The van der Waals surface area contributed by atoms with Gasteiger partial charge in [-0.1, -0.05) is 15.9 Å². The van der Waals surface area contributed by atoms with Crippen LogP contribution in [-0.2, 0) is 9.59 Å². The fourth-order valence-corrected chi connectivity index (χ4v) is 2.00. The minimum atomic E-state index is -0.650. The van der Waals surface area contributed by atoms with E-state index in [0.717, 1.165) is 4.47 Å². The minimum Gasteiger partial charge on any atom is -0.481 e. The molecule has 6 heteroatoms. The fraction of sp³-hybridized carbons (Fsp3) is 0.467. The Balaban J connectivity index is 2.53. The van der Waals surface area contributed by atoms with E-state index in [9.17, 15) is 9.59 Å². The molecule has 0 fully saturated rings. The maximum absolute atomic E-state index is 12.1. The van der Waals surface area contributed by atoms with Crippen molar-refractivity contribution in [2.75, 3.05) is 13.6 Å². The number of carbonyl (C=O) groups is 2. The van der Waals surface area contributed by atoms with Crippen LogP contribution in [0, 0.1) is 0 Å². The lowest BCUT2D eigenvalue weighted by molar-refractivity contribution is -0.140. The van der Waals surface area contributed by atoms with Gasteiger partial charge in [-0.3, -0.25) is 9.59 Å². The predicted octanol–water partition coefficient (Wildman–Crippen LogP) is 2.20. The highest BCUT2D eigenvalue weighted by atomic mass is 79.9. The molecule has 0 saturated heterocycles. The SMILES string of the molecule is CC(C)NC(=O)CN(C)C(=O)[C@@H](C)Oc1ccc(Br)cc1. The van der Waals surface area contributed by atoms with E-state index in [4.69, 9.17) is 4.74 Å². The Hall–Kier alpha value is -1.56. The summed E-state index contributed by atoms with van der Waals surface area (Å²) in [4.78, 5) is 25.1. The summed E-state index contributed by atoms with van der Waals surface area (Å²) in [5.74, 6) is 0.188. The van der Waals surface area contributed by atoms with Crippen molar-refractivity contribution >= 4 is 27.7 Å². The Kier molecular flexibility index (Phi) is 6.68. The van der Waals surface area contributed by atoms with Gasteiger partial charge in [0.25, 0.3) is 5.91 Å². The number of hydrogen-bond donors (Lipinski definition) is 1. The summed E-state index contributed by atoms with van der Waals surface area (Å²) < 4.78 is 6.51. The van der Waals surface area contributed by atoms with E-state index in [1.165, 1.54) is 4.90 Å². The number of rotatable bonds is 6.